The molecule has 104 valence electrons. The quantitative estimate of drug-likeness (QED) is 0.824. The topological polar surface area (TPSA) is 15.3 Å². The molecule has 0 amide bonds. The fourth-order valence-corrected chi connectivity index (χ4v) is 4.08. The number of likely N-dealkylation sites (tertiary alicyclic amines) is 1. The first-order valence-corrected chi connectivity index (χ1v) is 7.31. The molecule has 0 aromatic heterocycles. The Balaban J connectivity index is 1.43. The summed E-state index contributed by atoms with van der Waals surface area (Å²) in [6.45, 7) is 2.70. The highest BCUT2D eigenvalue weighted by Crippen LogP contribution is 2.60. The van der Waals surface area contributed by atoms with Crippen molar-refractivity contribution in [2.24, 2.45) is 11.3 Å². The third-order valence-corrected chi connectivity index (χ3v) is 5.38. The lowest BCUT2D eigenvalue weighted by atomic mass is 9.89. The van der Waals surface area contributed by atoms with E-state index in [2.05, 4.69) is 23.5 Å². The lowest BCUT2D eigenvalue weighted by molar-refractivity contribution is 0.00971. The van der Waals surface area contributed by atoms with Crippen molar-refractivity contribution < 1.29 is 8.78 Å². The molecular formula is C15H20F2N2. The SMILES string of the molecule is FC1(F)CCN(C2C=CC(C34CNCC3C4)=CC2)C1. The Morgan fingerprint density at radius 1 is 1.37 bits per heavy atom. The van der Waals surface area contributed by atoms with E-state index in [1.54, 1.807) is 0 Å². The molecule has 2 saturated heterocycles. The molecule has 2 heterocycles. The zero-order valence-electron chi connectivity index (χ0n) is 11.0. The number of rotatable bonds is 2. The first kappa shape index (κ1) is 12.0. The zero-order valence-corrected chi connectivity index (χ0v) is 11.0. The number of allylic oxidation sites excluding steroid dienone is 1. The second-order valence-electron chi connectivity index (χ2n) is 6.59. The van der Waals surface area contributed by atoms with Crippen LogP contribution in [0.5, 0.6) is 0 Å². The molecular weight excluding hydrogens is 246 g/mol. The number of alkyl halides is 2. The molecule has 19 heavy (non-hydrogen) atoms. The van der Waals surface area contributed by atoms with E-state index in [1.165, 1.54) is 12.0 Å². The number of hydrogen-bond donors (Lipinski definition) is 1. The number of nitrogens with zero attached hydrogens (tertiary/aromatic N) is 1. The number of piperidine rings is 1. The molecule has 1 saturated carbocycles. The second-order valence-corrected chi connectivity index (χ2v) is 6.59. The molecule has 4 heteroatoms. The van der Waals surface area contributed by atoms with Gasteiger partial charge in [0.15, 0.2) is 0 Å². The highest BCUT2D eigenvalue weighted by molar-refractivity contribution is 5.39. The van der Waals surface area contributed by atoms with Crippen molar-refractivity contribution in [1.82, 2.24) is 10.2 Å². The average Bonchev–Trinajstić information content (AvgIpc) is 2.77. The molecule has 0 aromatic rings. The van der Waals surface area contributed by atoms with Gasteiger partial charge in [-0.1, -0.05) is 18.2 Å². The van der Waals surface area contributed by atoms with Crippen LogP contribution in [0, 0.1) is 11.3 Å². The fourth-order valence-electron chi connectivity index (χ4n) is 4.08. The maximum atomic E-state index is 13.3. The number of fused-ring (bicyclic) bond motifs is 1. The smallest absolute Gasteiger partial charge is 0.261 e. The maximum absolute atomic E-state index is 13.3. The molecule has 0 aromatic carbocycles. The molecule has 4 aliphatic rings. The van der Waals surface area contributed by atoms with E-state index >= 15 is 0 Å². The molecule has 0 radical (unpaired) electrons. The Bertz CT molecular complexity index is 457. The van der Waals surface area contributed by atoms with Crippen LogP contribution in [0.3, 0.4) is 0 Å². The van der Waals surface area contributed by atoms with E-state index in [9.17, 15) is 8.78 Å². The Hall–Kier alpha value is -0.740. The third-order valence-electron chi connectivity index (χ3n) is 5.38. The molecule has 1 N–H and O–H groups in total. The predicted octanol–water partition coefficient (Wildman–Crippen LogP) is 2.19. The number of nitrogens with one attached hydrogen (secondary N) is 1. The molecule has 3 atom stereocenters. The molecule has 3 unspecified atom stereocenters. The van der Waals surface area contributed by atoms with Gasteiger partial charge in [-0.05, 0) is 30.9 Å². The van der Waals surface area contributed by atoms with Crippen LogP contribution in [-0.4, -0.2) is 43.0 Å². The average molecular weight is 266 g/mol. The number of hydrogen-bond acceptors (Lipinski definition) is 2. The Morgan fingerprint density at radius 3 is 2.79 bits per heavy atom. The normalized spacial score (nSPS) is 44.2. The minimum absolute atomic E-state index is 0.0177. The highest BCUT2D eigenvalue weighted by atomic mass is 19.3. The van der Waals surface area contributed by atoms with Crippen LogP contribution < -0.4 is 5.32 Å². The van der Waals surface area contributed by atoms with Gasteiger partial charge in [-0.15, -0.1) is 0 Å². The second kappa shape index (κ2) is 3.89. The monoisotopic (exact) mass is 266 g/mol. The van der Waals surface area contributed by atoms with E-state index in [0.29, 0.717) is 12.0 Å². The van der Waals surface area contributed by atoms with Crippen LogP contribution in [0.2, 0.25) is 0 Å². The lowest BCUT2D eigenvalue weighted by Gasteiger charge is -2.28. The van der Waals surface area contributed by atoms with Crippen molar-refractivity contribution in [2.75, 3.05) is 26.2 Å². The minimum atomic E-state index is -2.48. The summed E-state index contributed by atoms with van der Waals surface area (Å²) in [4.78, 5) is 1.93. The lowest BCUT2D eigenvalue weighted by Crippen LogP contribution is -2.35. The van der Waals surface area contributed by atoms with Gasteiger partial charge < -0.3 is 5.32 Å². The summed E-state index contributed by atoms with van der Waals surface area (Å²) in [6, 6.07) is 0.181. The van der Waals surface area contributed by atoms with Crippen LogP contribution in [0.25, 0.3) is 0 Å². The Morgan fingerprint density at radius 2 is 2.26 bits per heavy atom. The van der Waals surface area contributed by atoms with Crippen LogP contribution in [0.4, 0.5) is 8.78 Å². The van der Waals surface area contributed by atoms with E-state index in [0.717, 1.165) is 25.4 Å². The fraction of sp³-hybridized carbons (Fsp3) is 0.733. The van der Waals surface area contributed by atoms with Gasteiger partial charge in [-0.25, -0.2) is 8.78 Å². The summed E-state index contributed by atoms with van der Waals surface area (Å²) in [5.74, 6) is -1.66. The van der Waals surface area contributed by atoms with Gasteiger partial charge in [0.1, 0.15) is 0 Å². The van der Waals surface area contributed by atoms with E-state index in [-0.39, 0.29) is 19.0 Å². The van der Waals surface area contributed by atoms with Gasteiger partial charge in [0.25, 0.3) is 5.92 Å². The van der Waals surface area contributed by atoms with E-state index in [4.69, 9.17) is 0 Å². The van der Waals surface area contributed by atoms with Crippen LogP contribution in [0.1, 0.15) is 19.3 Å². The van der Waals surface area contributed by atoms with Crippen molar-refractivity contribution in [1.29, 1.82) is 0 Å². The largest absolute Gasteiger partial charge is 0.316 e. The molecule has 4 rings (SSSR count). The van der Waals surface area contributed by atoms with Crippen molar-refractivity contribution >= 4 is 0 Å². The van der Waals surface area contributed by atoms with Gasteiger partial charge in [0, 0.05) is 31.0 Å². The molecule has 0 bridgehead atoms. The Labute approximate surface area is 112 Å². The summed E-state index contributed by atoms with van der Waals surface area (Å²) in [6.07, 6.45) is 8.88. The van der Waals surface area contributed by atoms with Gasteiger partial charge in [-0.2, -0.15) is 0 Å². The van der Waals surface area contributed by atoms with Crippen LogP contribution in [0.15, 0.2) is 23.8 Å². The van der Waals surface area contributed by atoms with Gasteiger partial charge >= 0.3 is 0 Å². The van der Waals surface area contributed by atoms with Crippen molar-refractivity contribution in [3.63, 3.8) is 0 Å². The Kier molecular flexibility index (Phi) is 2.46. The number of halogens is 2. The van der Waals surface area contributed by atoms with Crippen LogP contribution >= 0.6 is 0 Å². The van der Waals surface area contributed by atoms with Gasteiger partial charge in [0.05, 0.1) is 6.54 Å². The highest BCUT2D eigenvalue weighted by Gasteiger charge is 2.58. The molecule has 2 aliphatic heterocycles. The summed E-state index contributed by atoms with van der Waals surface area (Å²) in [5, 5.41) is 3.45. The maximum Gasteiger partial charge on any atom is 0.261 e. The zero-order chi connectivity index (χ0) is 13.1. The summed E-state index contributed by atoms with van der Waals surface area (Å²) >= 11 is 0. The standard InChI is InChI=1S/C15H20F2N2/c16-15(17)5-6-19(10-15)13-3-1-11(2-4-13)14-7-12(14)8-18-9-14/h1-3,12-13,18H,4-10H2. The summed E-state index contributed by atoms with van der Waals surface area (Å²) < 4.78 is 26.5. The molecule has 2 aliphatic carbocycles. The van der Waals surface area contributed by atoms with E-state index < -0.39 is 5.92 Å². The van der Waals surface area contributed by atoms with Crippen molar-refractivity contribution in [3.05, 3.63) is 23.8 Å². The van der Waals surface area contributed by atoms with Gasteiger partial charge in [-0.3, -0.25) is 4.90 Å². The molecule has 0 spiro atoms. The minimum Gasteiger partial charge on any atom is -0.316 e. The molecule has 3 fully saturated rings. The van der Waals surface area contributed by atoms with Gasteiger partial charge in [0.2, 0.25) is 0 Å². The van der Waals surface area contributed by atoms with Crippen molar-refractivity contribution in [3.8, 4) is 0 Å². The third kappa shape index (κ3) is 1.88. The van der Waals surface area contributed by atoms with E-state index in [1.807, 2.05) is 4.90 Å². The first-order chi connectivity index (χ1) is 9.09. The first-order valence-electron chi connectivity index (χ1n) is 7.31. The van der Waals surface area contributed by atoms with Crippen molar-refractivity contribution in [2.45, 2.75) is 31.2 Å². The summed E-state index contributed by atoms with van der Waals surface area (Å²) in [7, 11) is 0. The summed E-state index contributed by atoms with van der Waals surface area (Å²) in [5.41, 5.74) is 1.85. The molecule has 2 nitrogen and oxygen atoms in total. The van der Waals surface area contributed by atoms with Crippen LogP contribution in [-0.2, 0) is 0 Å². The predicted molar refractivity (Wildman–Crippen MR) is 70.2 cm³/mol.